The number of hydrogen-bond donors (Lipinski definition) is 0. The van der Waals surface area contributed by atoms with Gasteiger partial charge in [-0.25, -0.2) is 0 Å². The van der Waals surface area contributed by atoms with E-state index in [9.17, 15) is 14.4 Å². The first-order valence-corrected chi connectivity index (χ1v) is 8.33. The summed E-state index contributed by atoms with van der Waals surface area (Å²) in [6.45, 7) is 0.531. The average molecular weight is 352 g/mol. The molecule has 0 bridgehead atoms. The largest absolute Gasteiger partial charge is 0.497 e. The van der Waals surface area contributed by atoms with Crippen molar-refractivity contribution in [2.24, 2.45) is 0 Å². The van der Waals surface area contributed by atoms with Gasteiger partial charge in [-0.05, 0) is 29.8 Å². The first-order chi connectivity index (χ1) is 12.5. The molecule has 0 radical (unpaired) electrons. The number of carbonyl (C=O) groups is 3. The molecule has 0 saturated heterocycles. The number of hydrogen-bond acceptors (Lipinski definition) is 4. The molecule has 2 aromatic carbocycles. The van der Waals surface area contributed by atoms with Gasteiger partial charge in [-0.15, -0.1) is 0 Å². The van der Waals surface area contributed by atoms with Gasteiger partial charge in [-0.2, -0.15) is 0 Å². The van der Waals surface area contributed by atoms with Crippen molar-refractivity contribution in [2.45, 2.75) is 13.0 Å². The van der Waals surface area contributed by atoms with E-state index < -0.39 is 0 Å². The fourth-order valence-corrected chi connectivity index (χ4v) is 2.93. The zero-order chi connectivity index (χ0) is 18.7. The number of nitrogens with zero attached hydrogens (tertiary/aromatic N) is 2. The minimum atomic E-state index is -0.337. The number of amides is 3. The maximum Gasteiger partial charge on any atom is 0.261 e. The second-order valence-corrected chi connectivity index (χ2v) is 6.16. The molecule has 134 valence electrons. The molecule has 0 atom stereocenters. The van der Waals surface area contributed by atoms with Crippen molar-refractivity contribution in [3.63, 3.8) is 0 Å². The summed E-state index contributed by atoms with van der Waals surface area (Å²) in [4.78, 5) is 39.7. The summed E-state index contributed by atoms with van der Waals surface area (Å²) in [5.41, 5.74) is 1.77. The molecule has 3 rings (SSSR count). The smallest absolute Gasteiger partial charge is 0.261 e. The van der Waals surface area contributed by atoms with Crippen LogP contribution in [0.4, 0.5) is 0 Å². The van der Waals surface area contributed by atoms with Gasteiger partial charge >= 0.3 is 0 Å². The number of carbonyl (C=O) groups excluding carboxylic acids is 3. The van der Waals surface area contributed by atoms with Crippen LogP contribution in [0.1, 0.15) is 32.7 Å². The molecule has 0 saturated carbocycles. The van der Waals surface area contributed by atoms with Crippen molar-refractivity contribution in [3.8, 4) is 5.75 Å². The molecule has 0 aliphatic carbocycles. The van der Waals surface area contributed by atoms with Gasteiger partial charge in [0.15, 0.2) is 0 Å². The number of methoxy groups -OCH3 is 1. The Morgan fingerprint density at radius 1 is 1.00 bits per heavy atom. The minimum absolute atomic E-state index is 0.0815. The normalized spacial score (nSPS) is 12.9. The SMILES string of the molecule is COc1ccc(CN(C)C(=O)CCN2C(=O)c3ccccc3C2=O)cc1. The van der Waals surface area contributed by atoms with Gasteiger partial charge in [0.25, 0.3) is 11.8 Å². The highest BCUT2D eigenvalue weighted by atomic mass is 16.5. The third kappa shape index (κ3) is 3.44. The van der Waals surface area contributed by atoms with E-state index in [1.54, 1.807) is 43.3 Å². The molecule has 1 heterocycles. The molecule has 1 aliphatic heterocycles. The van der Waals surface area contributed by atoms with Crippen LogP contribution in [0.15, 0.2) is 48.5 Å². The third-order valence-electron chi connectivity index (χ3n) is 4.43. The Morgan fingerprint density at radius 2 is 1.58 bits per heavy atom. The second-order valence-electron chi connectivity index (χ2n) is 6.16. The predicted molar refractivity (Wildman–Crippen MR) is 95.9 cm³/mol. The fourth-order valence-electron chi connectivity index (χ4n) is 2.93. The first kappa shape index (κ1) is 17.7. The first-order valence-electron chi connectivity index (χ1n) is 8.33. The molecule has 26 heavy (non-hydrogen) atoms. The predicted octanol–water partition coefficient (Wildman–Crippen LogP) is 2.34. The summed E-state index contributed by atoms with van der Waals surface area (Å²) in [5, 5.41) is 0. The molecule has 0 fully saturated rings. The van der Waals surface area contributed by atoms with Gasteiger partial charge in [0.1, 0.15) is 5.75 Å². The molecular weight excluding hydrogens is 332 g/mol. The molecule has 6 nitrogen and oxygen atoms in total. The van der Waals surface area contributed by atoms with Crippen LogP contribution in [0.5, 0.6) is 5.75 Å². The van der Waals surface area contributed by atoms with Gasteiger partial charge in [0.2, 0.25) is 5.91 Å². The van der Waals surface area contributed by atoms with E-state index in [4.69, 9.17) is 4.74 Å². The monoisotopic (exact) mass is 352 g/mol. The Bertz CT molecular complexity index is 810. The van der Waals surface area contributed by atoms with Crippen LogP contribution in [0.25, 0.3) is 0 Å². The van der Waals surface area contributed by atoms with Crippen molar-refractivity contribution < 1.29 is 19.1 Å². The highest BCUT2D eigenvalue weighted by molar-refractivity contribution is 6.21. The van der Waals surface area contributed by atoms with Gasteiger partial charge in [0, 0.05) is 26.6 Å². The van der Waals surface area contributed by atoms with E-state index in [0.717, 1.165) is 16.2 Å². The molecule has 0 spiro atoms. The topological polar surface area (TPSA) is 66.9 Å². The molecule has 1 aliphatic rings. The third-order valence-corrected chi connectivity index (χ3v) is 4.43. The Labute approximate surface area is 152 Å². The van der Waals surface area contributed by atoms with Crippen LogP contribution in [0, 0.1) is 0 Å². The lowest BCUT2D eigenvalue weighted by atomic mass is 10.1. The van der Waals surface area contributed by atoms with Crippen LogP contribution >= 0.6 is 0 Å². The molecule has 6 heteroatoms. The zero-order valence-corrected chi connectivity index (χ0v) is 14.8. The molecule has 2 aromatic rings. The quantitative estimate of drug-likeness (QED) is 0.749. The number of rotatable bonds is 6. The number of fused-ring (bicyclic) bond motifs is 1. The Morgan fingerprint density at radius 3 is 2.12 bits per heavy atom. The van der Waals surface area contributed by atoms with Gasteiger partial charge in [-0.3, -0.25) is 19.3 Å². The summed E-state index contributed by atoms with van der Waals surface area (Å²) in [6, 6.07) is 14.2. The average Bonchev–Trinajstić information content (AvgIpc) is 2.91. The van der Waals surface area contributed by atoms with E-state index in [0.29, 0.717) is 17.7 Å². The molecule has 0 N–H and O–H groups in total. The van der Waals surface area contributed by atoms with Gasteiger partial charge in [0.05, 0.1) is 18.2 Å². The van der Waals surface area contributed by atoms with Crippen molar-refractivity contribution in [1.82, 2.24) is 9.80 Å². The van der Waals surface area contributed by atoms with E-state index in [1.165, 1.54) is 0 Å². The number of benzene rings is 2. The zero-order valence-electron chi connectivity index (χ0n) is 14.8. The molecule has 0 aromatic heterocycles. The fraction of sp³-hybridized carbons (Fsp3) is 0.250. The van der Waals surface area contributed by atoms with Crippen LogP contribution in [0.3, 0.4) is 0 Å². The van der Waals surface area contributed by atoms with Gasteiger partial charge < -0.3 is 9.64 Å². The van der Waals surface area contributed by atoms with E-state index in [-0.39, 0.29) is 30.7 Å². The number of ether oxygens (including phenoxy) is 1. The summed E-state index contributed by atoms with van der Waals surface area (Å²) < 4.78 is 5.11. The van der Waals surface area contributed by atoms with E-state index in [1.807, 2.05) is 24.3 Å². The maximum atomic E-state index is 12.4. The van der Waals surface area contributed by atoms with Crippen LogP contribution in [0.2, 0.25) is 0 Å². The molecule has 3 amide bonds. The van der Waals surface area contributed by atoms with E-state index in [2.05, 4.69) is 0 Å². The van der Waals surface area contributed by atoms with Crippen molar-refractivity contribution in [1.29, 1.82) is 0 Å². The maximum absolute atomic E-state index is 12.4. The van der Waals surface area contributed by atoms with Crippen molar-refractivity contribution >= 4 is 17.7 Å². The van der Waals surface area contributed by atoms with Crippen molar-refractivity contribution in [2.75, 3.05) is 20.7 Å². The van der Waals surface area contributed by atoms with Gasteiger partial charge in [-0.1, -0.05) is 24.3 Å². The van der Waals surface area contributed by atoms with E-state index >= 15 is 0 Å². The summed E-state index contributed by atoms with van der Waals surface area (Å²) in [7, 11) is 3.30. The Kier molecular flexibility index (Phi) is 5.02. The van der Waals surface area contributed by atoms with Crippen LogP contribution in [-0.2, 0) is 11.3 Å². The summed E-state index contributed by atoms with van der Waals surface area (Å²) >= 11 is 0. The lowest BCUT2D eigenvalue weighted by Crippen LogP contribution is -2.35. The van der Waals surface area contributed by atoms with Crippen molar-refractivity contribution in [3.05, 3.63) is 65.2 Å². The standard InChI is InChI=1S/C20H20N2O4/c1-21(13-14-7-9-15(26-2)10-8-14)18(23)11-12-22-19(24)16-5-3-4-6-17(16)20(22)25/h3-10H,11-13H2,1-2H3. The molecule has 0 unspecified atom stereocenters. The van der Waals surface area contributed by atoms with Crippen LogP contribution in [-0.4, -0.2) is 48.2 Å². The van der Waals surface area contributed by atoms with Crippen LogP contribution < -0.4 is 4.74 Å². The Balaban J connectivity index is 1.57. The lowest BCUT2D eigenvalue weighted by Gasteiger charge is -2.19. The highest BCUT2D eigenvalue weighted by Crippen LogP contribution is 2.22. The molecular formula is C20H20N2O4. The second kappa shape index (κ2) is 7.39. The highest BCUT2D eigenvalue weighted by Gasteiger charge is 2.35. The lowest BCUT2D eigenvalue weighted by molar-refractivity contribution is -0.130. The minimum Gasteiger partial charge on any atom is -0.497 e. The summed E-state index contributed by atoms with van der Waals surface area (Å²) in [5.74, 6) is -0.0434. The Hall–Kier alpha value is -3.15. The summed E-state index contributed by atoms with van der Waals surface area (Å²) in [6.07, 6.45) is 0.0954. The number of imide groups is 1.